The summed E-state index contributed by atoms with van der Waals surface area (Å²) in [5.74, 6) is 0.165. The first kappa shape index (κ1) is 22.3. The van der Waals surface area contributed by atoms with E-state index in [-0.39, 0.29) is 24.5 Å². The van der Waals surface area contributed by atoms with E-state index in [0.29, 0.717) is 28.3 Å². The molecule has 4 rings (SSSR count). The monoisotopic (exact) mass is 437 g/mol. The van der Waals surface area contributed by atoms with Crippen LogP contribution in [-0.4, -0.2) is 30.1 Å². The molecular weight excluding hydrogens is 406 g/mol. The van der Waals surface area contributed by atoms with Gasteiger partial charge in [-0.25, -0.2) is 4.79 Å². The summed E-state index contributed by atoms with van der Waals surface area (Å²) in [6, 6.07) is 8.96. The Morgan fingerprint density at radius 2 is 1.78 bits per heavy atom. The molecule has 1 amide bonds. The highest BCUT2D eigenvalue weighted by Crippen LogP contribution is 2.38. The molecule has 1 aliphatic rings. The number of benzene rings is 2. The van der Waals surface area contributed by atoms with Crippen LogP contribution < -0.4 is 4.90 Å². The predicted molar refractivity (Wildman–Crippen MR) is 125 cm³/mol. The van der Waals surface area contributed by atoms with Crippen LogP contribution in [-0.2, 0) is 16.1 Å². The molecule has 2 aromatic carbocycles. The number of esters is 1. The van der Waals surface area contributed by atoms with Gasteiger partial charge < -0.3 is 19.2 Å². The number of hydrogen-bond acceptors (Lipinski definition) is 5. The second-order valence-electron chi connectivity index (χ2n) is 9.21. The van der Waals surface area contributed by atoms with E-state index in [4.69, 9.17) is 9.15 Å². The number of aliphatic hydroxyl groups excluding tert-OH is 1. The van der Waals surface area contributed by atoms with E-state index in [1.165, 1.54) is 7.11 Å². The van der Waals surface area contributed by atoms with Crippen LogP contribution in [0.25, 0.3) is 21.9 Å². The molecular formula is C26H31NO5. The van der Waals surface area contributed by atoms with Crippen molar-refractivity contribution < 1.29 is 23.8 Å². The normalized spacial score (nSPS) is 18.9. The third-order valence-corrected chi connectivity index (χ3v) is 6.62. The lowest BCUT2D eigenvalue weighted by molar-refractivity contribution is -0.123. The SMILES string of the molecule is COC(=O)c1cc2oc3cc(CO)ccc3c2cc1N(C(=O)[C@H]1CC[C@H](C)CC1)C(C)C. The average molecular weight is 438 g/mol. The van der Waals surface area contributed by atoms with E-state index in [9.17, 15) is 14.7 Å². The summed E-state index contributed by atoms with van der Waals surface area (Å²) in [7, 11) is 1.34. The van der Waals surface area contributed by atoms with Crippen LogP contribution >= 0.6 is 0 Å². The zero-order chi connectivity index (χ0) is 23.0. The zero-order valence-electron chi connectivity index (χ0n) is 19.2. The molecule has 32 heavy (non-hydrogen) atoms. The zero-order valence-corrected chi connectivity index (χ0v) is 19.2. The number of aliphatic hydroxyl groups is 1. The van der Waals surface area contributed by atoms with Crippen LogP contribution in [0.5, 0.6) is 0 Å². The lowest BCUT2D eigenvalue weighted by Gasteiger charge is -2.34. The van der Waals surface area contributed by atoms with Crippen LogP contribution in [0.4, 0.5) is 5.69 Å². The van der Waals surface area contributed by atoms with Gasteiger partial charge in [-0.15, -0.1) is 0 Å². The maximum absolute atomic E-state index is 13.7. The summed E-state index contributed by atoms with van der Waals surface area (Å²) in [4.78, 5) is 28.1. The molecule has 0 saturated heterocycles. The minimum atomic E-state index is -0.505. The minimum absolute atomic E-state index is 0.0389. The van der Waals surface area contributed by atoms with Crippen molar-refractivity contribution in [3.8, 4) is 0 Å². The van der Waals surface area contributed by atoms with Crippen LogP contribution in [0.3, 0.4) is 0 Å². The molecule has 0 bridgehead atoms. The largest absolute Gasteiger partial charge is 0.465 e. The summed E-state index contributed by atoms with van der Waals surface area (Å²) < 4.78 is 11.0. The van der Waals surface area contributed by atoms with Gasteiger partial charge in [-0.3, -0.25) is 4.79 Å². The van der Waals surface area contributed by atoms with Gasteiger partial charge >= 0.3 is 5.97 Å². The number of ether oxygens (including phenoxy) is 1. The summed E-state index contributed by atoms with van der Waals surface area (Å²) in [6.07, 6.45) is 3.84. The Bertz CT molecular complexity index is 1150. The van der Waals surface area contributed by atoms with Crippen molar-refractivity contribution in [3.05, 3.63) is 41.5 Å². The van der Waals surface area contributed by atoms with Gasteiger partial charge in [-0.05, 0) is 69.2 Å². The lowest BCUT2D eigenvalue weighted by Crippen LogP contribution is -2.43. The molecule has 6 heteroatoms. The summed E-state index contributed by atoms with van der Waals surface area (Å²) in [6.45, 7) is 6.09. The van der Waals surface area contributed by atoms with Crippen LogP contribution in [0.15, 0.2) is 34.7 Å². The van der Waals surface area contributed by atoms with E-state index < -0.39 is 5.97 Å². The van der Waals surface area contributed by atoms with Crippen LogP contribution in [0, 0.1) is 11.8 Å². The number of hydrogen-bond donors (Lipinski definition) is 1. The van der Waals surface area contributed by atoms with Gasteiger partial charge in [0.05, 0.1) is 25.0 Å². The molecule has 6 nitrogen and oxygen atoms in total. The third kappa shape index (κ3) is 3.99. The van der Waals surface area contributed by atoms with Gasteiger partial charge in [0.25, 0.3) is 0 Å². The first-order valence-corrected chi connectivity index (χ1v) is 11.4. The van der Waals surface area contributed by atoms with E-state index >= 15 is 0 Å². The first-order chi connectivity index (χ1) is 15.3. The van der Waals surface area contributed by atoms with E-state index in [2.05, 4.69) is 6.92 Å². The van der Waals surface area contributed by atoms with Crippen molar-refractivity contribution in [3.63, 3.8) is 0 Å². The smallest absolute Gasteiger partial charge is 0.340 e. The minimum Gasteiger partial charge on any atom is -0.465 e. The molecule has 1 aromatic heterocycles. The molecule has 170 valence electrons. The first-order valence-electron chi connectivity index (χ1n) is 11.4. The Hall–Kier alpha value is -2.86. The van der Waals surface area contributed by atoms with Crippen molar-refractivity contribution in [1.82, 2.24) is 0 Å². The molecule has 1 aliphatic carbocycles. The van der Waals surface area contributed by atoms with Crippen molar-refractivity contribution in [2.45, 2.75) is 59.1 Å². The van der Waals surface area contributed by atoms with Gasteiger partial charge in [0.1, 0.15) is 11.2 Å². The highest BCUT2D eigenvalue weighted by atomic mass is 16.5. The van der Waals surface area contributed by atoms with Crippen molar-refractivity contribution in [2.75, 3.05) is 12.0 Å². The van der Waals surface area contributed by atoms with Crippen LogP contribution in [0.2, 0.25) is 0 Å². The second kappa shape index (κ2) is 8.94. The fourth-order valence-electron chi connectivity index (χ4n) is 4.78. The Kier molecular flexibility index (Phi) is 6.24. The quantitative estimate of drug-likeness (QED) is 0.538. The van der Waals surface area contributed by atoms with Gasteiger partial charge in [-0.1, -0.05) is 19.1 Å². The number of rotatable bonds is 5. The molecule has 3 aromatic rings. The number of carbonyl (C=O) groups excluding carboxylic acids is 2. The maximum atomic E-state index is 13.7. The van der Waals surface area contributed by atoms with Crippen molar-refractivity contribution in [1.29, 1.82) is 0 Å². The summed E-state index contributed by atoms with van der Waals surface area (Å²) in [5, 5.41) is 11.1. The van der Waals surface area contributed by atoms with Gasteiger partial charge in [0.2, 0.25) is 5.91 Å². The molecule has 1 saturated carbocycles. The number of fused-ring (bicyclic) bond motifs is 3. The predicted octanol–water partition coefficient (Wildman–Crippen LogP) is 5.43. The number of methoxy groups -OCH3 is 1. The second-order valence-corrected chi connectivity index (χ2v) is 9.21. The standard InChI is InChI=1S/C26H31NO5/c1-15(2)27(25(29)18-8-5-16(3)6-9-18)22-12-20-19-10-7-17(14-28)11-23(19)32-24(20)13-21(22)26(30)31-4/h7,10-13,15-16,18,28H,5-6,8-9,14H2,1-4H3/t16-,18-. The van der Waals surface area contributed by atoms with E-state index in [0.717, 1.165) is 42.0 Å². The van der Waals surface area contributed by atoms with E-state index in [1.54, 1.807) is 17.0 Å². The number of amides is 1. The number of carbonyl (C=O) groups is 2. The molecule has 0 radical (unpaired) electrons. The van der Waals surface area contributed by atoms with Gasteiger partial charge in [0, 0.05) is 22.7 Å². The van der Waals surface area contributed by atoms with E-state index in [1.807, 2.05) is 32.0 Å². The Labute approximate surface area is 188 Å². The Morgan fingerprint density at radius 1 is 1.09 bits per heavy atom. The highest BCUT2D eigenvalue weighted by Gasteiger charge is 2.33. The van der Waals surface area contributed by atoms with Crippen molar-refractivity contribution in [2.24, 2.45) is 11.8 Å². The topological polar surface area (TPSA) is 80.0 Å². The number of nitrogens with zero attached hydrogens (tertiary/aromatic N) is 1. The number of furan rings is 1. The lowest BCUT2D eigenvalue weighted by atomic mass is 9.82. The summed E-state index contributed by atoms with van der Waals surface area (Å²) in [5.41, 5.74) is 2.78. The highest BCUT2D eigenvalue weighted by molar-refractivity contribution is 6.12. The van der Waals surface area contributed by atoms with Crippen molar-refractivity contribution >= 4 is 39.5 Å². The molecule has 0 unspecified atom stereocenters. The van der Waals surface area contributed by atoms with Gasteiger partial charge in [0.15, 0.2) is 0 Å². The fourth-order valence-corrected chi connectivity index (χ4v) is 4.78. The summed E-state index contributed by atoms with van der Waals surface area (Å²) >= 11 is 0. The Morgan fingerprint density at radius 3 is 2.41 bits per heavy atom. The molecule has 0 aliphatic heterocycles. The molecule has 1 heterocycles. The average Bonchev–Trinajstić information content (AvgIpc) is 3.14. The van der Waals surface area contributed by atoms with Gasteiger partial charge in [-0.2, -0.15) is 0 Å². The molecule has 0 spiro atoms. The third-order valence-electron chi connectivity index (χ3n) is 6.62. The molecule has 0 atom stereocenters. The molecule has 1 fully saturated rings. The fraction of sp³-hybridized carbons (Fsp3) is 0.462. The molecule has 1 N–H and O–H groups in total. The maximum Gasteiger partial charge on any atom is 0.340 e. The Balaban J connectivity index is 1.87. The van der Waals surface area contributed by atoms with Crippen LogP contribution in [0.1, 0.15) is 62.4 Å². The number of anilines is 1.